The third kappa shape index (κ3) is 3.28. The lowest BCUT2D eigenvalue weighted by molar-refractivity contribution is 0.198. The van der Waals surface area contributed by atoms with Gasteiger partial charge in [0.25, 0.3) is 0 Å². The average molecular weight is 229 g/mol. The third-order valence-electron chi connectivity index (χ3n) is 3.82. The van der Waals surface area contributed by atoms with Crippen LogP contribution in [0.2, 0.25) is 0 Å². The summed E-state index contributed by atoms with van der Waals surface area (Å²) in [5.74, 6) is 0. The predicted molar refractivity (Wildman–Crippen MR) is 68.7 cm³/mol. The smallest absolute Gasteiger partial charge is 0.211 e. The summed E-state index contributed by atoms with van der Waals surface area (Å²) in [6.45, 7) is 0.644. The number of rotatable bonds is 4. The lowest BCUT2D eigenvalue weighted by Gasteiger charge is -2.35. The molecule has 0 unspecified atom stereocenters. The monoisotopic (exact) mass is 229 g/mol. The first-order chi connectivity index (χ1) is 8.35. The molecule has 1 fully saturated rings. The average Bonchev–Trinajstić information content (AvgIpc) is 2.39. The fourth-order valence-electron chi connectivity index (χ4n) is 2.92. The molecule has 0 heterocycles. The Morgan fingerprint density at radius 2 is 1.82 bits per heavy atom. The van der Waals surface area contributed by atoms with Crippen molar-refractivity contribution in [3.05, 3.63) is 35.9 Å². The molecule has 0 amide bonds. The minimum atomic E-state index is 0.205. The molecule has 2 rings (SSSR count). The maximum Gasteiger partial charge on any atom is 0.234 e. The fourth-order valence-corrected chi connectivity index (χ4v) is 2.92. The molecule has 17 heavy (non-hydrogen) atoms. The Hall–Kier alpha value is -1.40. The molecule has 2 heteroatoms. The van der Waals surface area contributed by atoms with Gasteiger partial charge in [0.2, 0.25) is 6.08 Å². The van der Waals surface area contributed by atoms with E-state index in [1.807, 2.05) is 6.07 Å². The Morgan fingerprint density at radius 3 is 2.47 bits per heavy atom. The molecule has 1 aliphatic carbocycles. The summed E-state index contributed by atoms with van der Waals surface area (Å²) in [6, 6.07) is 10.5. The number of benzene rings is 1. The molecule has 0 N–H and O–H groups in total. The second-order valence-electron chi connectivity index (χ2n) is 5.13. The van der Waals surface area contributed by atoms with Gasteiger partial charge in [-0.15, -0.1) is 0 Å². The first kappa shape index (κ1) is 12.1. The summed E-state index contributed by atoms with van der Waals surface area (Å²) in [4.78, 5) is 14.2. The second kappa shape index (κ2) is 5.79. The van der Waals surface area contributed by atoms with Crippen LogP contribution in [0.4, 0.5) is 0 Å². The molecule has 0 aliphatic heterocycles. The van der Waals surface area contributed by atoms with E-state index in [0.717, 1.165) is 6.42 Å². The highest BCUT2D eigenvalue weighted by molar-refractivity contribution is 5.33. The molecular weight excluding hydrogens is 210 g/mol. The van der Waals surface area contributed by atoms with Crippen molar-refractivity contribution < 1.29 is 4.79 Å². The summed E-state index contributed by atoms with van der Waals surface area (Å²) >= 11 is 0. The van der Waals surface area contributed by atoms with Crippen LogP contribution >= 0.6 is 0 Å². The Bertz CT molecular complexity index is 387. The van der Waals surface area contributed by atoms with E-state index in [1.54, 1.807) is 6.08 Å². The van der Waals surface area contributed by atoms with Gasteiger partial charge in [-0.1, -0.05) is 49.6 Å². The summed E-state index contributed by atoms with van der Waals surface area (Å²) in [5, 5.41) is 0. The second-order valence-corrected chi connectivity index (χ2v) is 5.13. The molecule has 1 saturated carbocycles. The van der Waals surface area contributed by atoms with E-state index in [-0.39, 0.29) is 5.41 Å². The maximum absolute atomic E-state index is 10.4. The lowest BCUT2D eigenvalue weighted by atomic mass is 9.70. The predicted octanol–water partition coefficient (Wildman–Crippen LogP) is 3.52. The van der Waals surface area contributed by atoms with Crippen LogP contribution in [0.5, 0.6) is 0 Å². The minimum Gasteiger partial charge on any atom is -0.211 e. The number of nitrogens with zero attached hydrogens (tertiary/aromatic N) is 1. The molecule has 1 aromatic carbocycles. The molecule has 0 bridgehead atoms. The van der Waals surface area contributed by atoms with E-state index in [4.69, 9.17) is 0 Å². The van der Waals surface area contributed by atoms with Gasteiger partial charge < -0.3 is 0 Å². The number of isocyanates is 1. The van der Waals surface area contributed by atoms with Crippen LogP contribution in [0.3, 0.4) is 0 Å². The summed E-state index contributed by atoms with van der Waals surface area (Å²) < 4.78 is 0. The van der Waals surface area contributed by atoms with E-state index < -0.39 is 0 Å². The Balaban J connectivity index is 2.12. The van der Waals surface area contributed by atoms with E-state index in [9.17, 15) is 4.79 Å². The SMILES string of the molecule is O=C=NCC1(Cc2ccccc2)CCCCC1. The Kier molecular flexibility index (Phi) is 4.11. The number of hydrogen-bond acceptors (Lipinski definition) is 2. The molecule has 1 aromatic rings. The molecule has 1 aliphatic rings. The lowest BCUT2D eigenvalue weighted by Crippen LogP contribution is -2.30. The van der Waals surface area contributed by atoms with Crippen molar-refractivity contribution in [2.75, 3.05) is 6.54 Å². The molecule has 2 nitrogen and oxygen atoms in total. The molecule has 0 spiro atoms. The highest BCUT2D eigenvalue weighted by atomic mass is 16.1. The van der Waals surface area contributed by atoms with Gasteiger partial charge in [-0.3, -0.25) is 0 Å². The van der Waals surface area contributed by atoms with Crippen molar-refractivity contribution in [2.45, 2.75) is 38.5 Å². The van der Waals surface area contributed by atoms with E-state index >= 15 is 0 Å². The van der Waals surface area contributed by atoms with Gasteiger partial charge in [0, 0.05) is 0 Å². The van der Waals surface area contributed by atoms with Crippen molar-refractivity contribution in [3.8, 4) is 0 Å². The zero-order valence-electron chi connectivity index (χ0n) is 10.2. The normalized spacial score (nSPS) is 18.4. The maximum atomic E-state index is 10.4. The van der Waals surface area contributed by atoms with Crippen molar-refractivity contribution in [1.29, 1.82) is 0 Å². The molecule has 0 atom stereocenters. The van der Waals surface area contributed by atoms with Gasteiger partial charge >= 0.3 is 0 Å². The number of aliphatic imine (C=N–C) groups is 1. The largest absolute Gasteiger partial charge is 0.234 e. The van der Waals surface area contributed by atoms with Crippen molar-refractivity contribution in [1.82, 2.24) is 0 Å². The number of hydrogen-bond donors (Lipinski definition) is 0. The van der Waals surface area contributed by atoms with Crippen molar-refractivity contribution in [3.63, 3.8) is 0 Å². The fraction of sp³-hybridized carbons (Fsp3) is 0.533. The summed E-state index contributed by atoms with van der Waals surface area (Å²) in [6.07, 6.45) is 8.97. The van der Waals surface area contributed by atoms with Gasteiger partial charge in [-0.05, 0) is 30.2 Å². The molecule has 0 radical (unpaired) electrons. The van der Waals surface area contributed by atoms with E-state index in [0.29, 0.717) is 6.54 Å². The first-order valence-corrected chi connectivity index (χ1v) is 6.42. The summed E-state index contributed by atoms with van der Waals surface area (Å²) in [7, 11) is 0. The topological polar surface area (TPSA) is 29.4 Å². The van der Waals surface area contributed by atoms with E-state index in [2.05, 4.69) is 29.3 Å². The van der Waals surface area contributed by atoms with Gasteiger partial charge in [-0.25, -0.2) is 9.79 Å². The zero-order valence-corrected chi connectivity index (χ0v) is 10.2. The Morgan fingerprint density at radius 1 is 1.12 bits per heavy atom. The molecule has 0 aromatic heterocycles. The minimum absolute atomic E-state index is 0.205. The van der Waals surface area contributed by atoms with Gasteiger partial charge in [-0.2, -0.15) is 0 Å². The van der Waals surface area contributed by atoms with Crippen LogP contribution < -0.4 is 0 Å². The molecule has 0 saturated heterocycles. The van der Waals surface area contributed by atoms with Crippen LogP contribution in [0.1, 0.15) is 37.7 Å². The molecule has 90 valence electrons. The highest BCUT2D eigenvalue weighted by Gasteiger charge is 2.31. The third-order valence-corrected chi connectivity index (χ3v) is 3.82. The van der Waals surface area contributed by atoms with Gasteiger partial charge in [0.15, 0.2) is 0 Å². The number of carbonyl (C=O) groups excluding carboxylic acids is 1. The Labute approximate surface area is 103 Å². The van der Waals surface area contributed by atoms with Crippen LogP contribution in [-0.4, -0.2) is 12.6 Å². The van der Waals surface area contributed by atoms with Crippen LogP contribution in [0.25, 0.3) is 0 Å². The van der Waals surface area contributed by atoms with Gasteiger partial charge in [0.1, 0.15) is 0 Å². The molecular formula is C15H19NO. The summed E-state index contributed by atoms with van der Waals surface area (Å²) in [5.41, 5.74) is 1.56. The van der Waals surface area contributed by atoms with Crippen molar-refractivity contribution in [2.24, 2.45) is 10.4 Å². The van der Waals surface area contributed by atoms with Crippen LogP contribution in [0.15, 0.2) is 35.3 Å². The highest BCUT2D eigenvalue weighted by Crippen LogP contribution is 2.39. The van der Waals surface area contributed by atoms with E-state index in [1.165, 1.54) is 37.7 Å². The van der Waals surface area contributed by atoms with Crippen molar-refractivity contribution >= 4 is 6.08 Å². The quantitative estimate of drug-likeness (QED) is 0.574. The zero-order chi connectivity index (χ0) is 12.0. The van der Waals surface area contributed by atoms with Gasteiger partial charge in [0.05, 0.1) is 6.54 Å². The standard InChI is InChI=1S/C15H19NO/c17-13-16-12-15(9-5-2-6-10-15)11-14-7-3-1-4-8-14/h1,3-4,7-8H,2,5-6,9-12H2. The van der Waals surface area contributed by atoms with Crippen LogP contribution in [0, 0.1) is 5.41 Å². The first-order valence-electron chi connectivity index (χ1n) is 6.42. The van der Waals surface area contributed by atoms with Crippen LogP contribution in [-0.2, 0) is 11.2 Å².